The highest BCUT2D eigenvalue weighted by Gasteiger charge is 2.28. The molecule has 6 nitrogen and oxygen atoms in total. The predicted octanol–water partition coefficient (Wildman–Crippen LogP) is 2.51. The summed E-state index contributed by atoms with van der Waals surface area (Å²) in [6.07, 6.45) is 12.9. The second-order valence-electron chi connectivity index (χ2n) is 7.41. The SMILES string of the molecule is O=C(C1CC=CC1)N1CCC(Cn2cnc(-c3ccncc3)cc2=O)CC1. The molecule has 6 heteroatoms. The Morgan fingerprint density at radius 1 is 1.11 bits per heavy atom. The summed E-state index contributed by atoms with van der Waals surface area (Å²) in [4.78, 5) is 35.4. The second-order valence-corrected chi connectivity index (χ2v) is 7.41. The fourth-order valence-corrected chi connectivity index (χ4v) is 3.93. The maximum absolute atomic E-state index is 12.5. The van der Waals surface area contributed by atoms with E-state index in [2.05, 4.69) is 22.1 Å². The minimum absolute atomic E-state index is 0.0349. The summed E-state index contributed by atoms with van der Waals surface area (Å²) in [6.45, 7) is 2.24. The summed E-state index contributed by atoms with van der Waals surface area (Å²) < 4.78 is 1.69. The van der Waals surface area contributed by atoms with Gasteiger partial charge in [-0.1, -0.05) is 12.2 Å². The van der Waals surface area contributed by atoms with E-state index in [1.165, 1.54) is 0 Å². The van der Waals surface area contributed by atoms with Gasteiger partial charge in [-0.15, -0.1) is 0 Å². The van der Waals surface area contributed by atoms with Crippen molar-refractivity contribution >= 4 is 5.91 Å². The van der Waals surface area contributed by atoms with E-state index in [4.69, 9.17) is 0 Å². The topological polar surface area (TPSA) is 68.1 Å². The van der Waals surface area contributed by atoms with Crippen molar-refractivity contribution in [1.29, 1.82) is 0 Å². The standard InChI is InChI=1S/C21H24N4O2/c26-20-13-19(17-5-9-22-10-6-17)23-15-25(20)14-16-7-11-24(12-8-16)21(27)18-3-1-2-4-18/h1-2,5-6,9-10,13,15-16,18H,3-4,7-8,11-12,14H2. The van der Waals surface area contributed by atoms with E-state index in [9.17, 15) is 9.59 Å². The van der Waals surface area contributed by atoms with Gasteiger partial charge in [0, 0.05) is 49.6 Å². The number of nitrogens with zero attached hydrogens (tertiary/aromatic N) is 4. The van der Waals surface area contributed by atoms with Gasteiger partial charge >= 0.3 is 0 Å². The number of allylic oxidation sites excluding steroid dienone is 2. The largest absolute Gasteiger partial charge is 0.342 e. The van der Waals surface area contributed by atoms with Gasteiger partial charge in [0.1, 0.15) is 0 Å². The predicted molar refractivity (Wildman–Crippen MR) is 103 cm³/mol. The Morgan fingerprint density at radius 3 is 2.48 bits per heavy atom. The first-order valence-corrected chi connectivity index (χ1v) is 9.61. The number of piperidine rings is 1. The van der Waals surface area contributed by atoms with Crippen LogP contribution in [0.5, 0.6) is 0 Å². The van der Waals surface area contributed by atoms with Gasteiger partial charge in [-0.2, -0.15) is 0 Å². The fourth-order valence-electron chi connectivity index (χ4n) is 3.93. The van der Waals surface area contributed by atoms with Crippen LogP contribution in [0.4, 0.5) is 0 Å². The molecule has 0 saturated carbocycles. The molecule has 0 unspecified atom stereocenters. The summed E-state index contributed by atoms with van der Waals surface area (Å²) in [5.74, 6) is 0.843. The van der Waals surface area contributed by atoms with Crippen LogP contribution in [-0.2, 0) is 11.3 Å². The number of carbonyl (C=O) groups excluding carboxylic acids is 1. The number of rotatable bonds is 4. The lowest BCUT2D eigenvalue weighted by Gasteiger charge is -2.33. The molecular formula is C21H24N4O2. The van der Waals surface area contributed by atoms with Gasteiger partial charge in [0.05, 0.1) is 12.0 Å². The van der Waals surface area contributed by atoms with Crippen molar-refractivity contribution in [3.63, 3.8) is 0 Å². The van der Waals surface area contributed by atoms with Crippen molar-refractivity contribution in [2.24, 2.45) is 11.8 Å². The average molecular weight is 364 g/mol. The zero-order valence-corrected chi connectivity index (χ0v) is 15.3. The lowest BCUT2D eigenvalue weighted by Crippen LogP contribution is -2.42. The highest BCUT2D eigenvalue weighted by Crippen LogP contribution is 2.25. The van der Waals surface area contributed by atoms with Crippen LogP contribution in [-0.4, -0.2) is 38.4 Å². The second kappa shape index (κ2) is 7.86. The molecule has 2 aliphatic rings. The third kappa shape index (κ3) is 3.99. The molecule has 0 spiro atoms. The van der Waals surface area contributed by atoms with E-state index in [0.29, 0.717) is 24.1 Å². The Balaban J connectivity index is 1.35. The first kappa shape index (κ1) is 17.6. The molecule has 0 aromatic carbocycles. The number of pyridine rings is 1. The zero-order valence-electron chi connectivity index (χ0n) is 15.3. The number of carbonyl (C=O) groups is 1. The Hall–Kier alpha value is -2.76. The maximum Gasteiger partial charge on any atom is 0.253 e. The minimum atomic E-state index is -0.0349. The Labute approximate surface area is 158 Å². The number of amides is 1. The van der Waals surface area contributed by atoms with Crippen molar-refractivity contribution in [2.45, 2.75) is 32.2 Å². The molecule has 1 aliphatic heterocycles. The Kier molecular flexibility index (Phi) is 5.14. The number of hydrogen-bond acceptors (Lipinski definition) is 4. The highest BCUT2D eigenvalue weighted by molar-refractivity contribution is 5.79. The van der Waals surface area contributed by atoms with Crippen LogP contribution in [0.25, 0.3) is 11.3 Å². The van der Waals surface area contributed by atoms with Gasteiger partial charge in [-0.3, -0.25) is 19.1 Å². The van der Waals surface area contributed by atoms with Gasteiger partial charge in [0.25, 0.3) is 5.56 Å². The van der Waals surface area contributed by atoms with Crippen LogP contribution in [0.1, 0.15) is 25.7 Å². The van der Waals surface area contributed by atoms with Crippen LogP contribution in [0.15, 0.2) is 53.9 Å². The Morgan fingerprint density at radius 2 is 1.81 bits per heavy atom. The average Bonchev–Trinajstić information content (AvgIpc) is 3.25. The number of hydrogen-bond donors (Lipinski definition) is 0. The van der Waals surface area contributed by atoms with Crippen molar-refractivity contribution < 1.29 is 4.79 Å². The van der Waals surface area contributed by atoms with E-state index < -0.39 is 0 Å². The normalized spacial score (nSPS) is 18.1. The first-order chi connectivity index (χ1) is 13.2. The number of likely N-dealkylation sites (tertiary alicyclic amines) is 1. The molecule has 0 atom stereocenters. The first-order valence-electron chi connectivity index (χ1n) is 9.61. The molecule has 1 fully saturated rings. The molecule has 2 aromatic rings. The molecular weight excluding hydrogens is 340 g/mol. The van der Waals surface area contributed by atoms with E-state index in [0.717, 1.165) is 44.3 Å². The molecule has 0 bridgehead atoms. The van der Waals surface area contributed by atoms with Crippen molar-refractivity contribution in [3.8, 4) is 11.3 Å². The molecule has 1 amide bonds. The van der Waals surface area contributed by atoms with Crippen molar-refractivity contribution in [1.82, 2.24) is 19.4 Å². The smallest absolute Gasteiger partial charge is 0.253 e. The van der Waals surface area contributed by atoms with E-state index >= 15 is 0 Å². The van der Waals surface area contributed by atoms with E-state index in [1.54, 1.807) is 29.4 Å². The molecule has 2 aromatic heterocycles. The third-order valence-electron chi connectivity index (χ3n) is 5.59. The van der Waals surface area contributed by atoms with Gasteiger partial charge < -0.3 is 4.90 Å². The van der Waals surface area contributed by atoms with Crippen LogP contribution in [0.2, 0.25) is 0 Å². The maximum atomic E-state index is 12.5. The van der Waals surface area contributed by atoms with Gasteiger partial charge in [-0.25, -0.2) is 4.98 Å². The molecule has 1 aliphatic carbocycles. The van der Waals surface area contributed by atoms with Crippen molar-refractivity contribution in [3.05, 3.63) is 59.4 Å². The molecule has 0 radical (unpaired) electrons. The van der Waals surface area contributed by atoms with E-state index in [-0.39, 0.29) is 11.5 Å². The summed E-state index contributed by atoms with van der Waals surface area (Å²) in [5.41, 5.74) is 1.53. The van der Waals surface area contributed by atoms with E-state index in [1.807, 2.05) is 17.0 Å². The molecule has 3 heterocycles. The van der Waals surface area contributed by atoms with Crippen LogP contribution in [0, 0.1) is 11.8 Å². The van der Waals surface area contributed by atoms with Crippen LogP contribution >= 0.6 is 0 Å². The van der Waals surface area contributed by atoms with Gasteiger partial charge in [-0.05, 0) is 43.7 Å². The highest BCUT2D eigenvalue weighted by atomic mass is 16.2. The van der Waals surface area contributed by atoms with Crippen LogP contribution in [0.3, 0.4) is 0 Å². The molecule has 4 rings (SSSR count). The van der Waals surface area contributed by atoms with Crippen LogP contribution < -0.4 is 5.56 Å². The molecule has 140 valence electrons. The van der Waals surface area contributed by atoms with Gasteiger partial charge in [0.15, 0.2) is 0 Å². The molecule has 1 saturated heterocycles. The summed E-state index contributed by atoms with van der Waals surface area (Å²) in [5, 5.41) is 0. The summed E-state index contributed by atoms with van der Waals surface area (Å²) in [6, 6.07) is 5.28. The van der Waals surface area contributed by atoms with Crippen molar-refractivity contribution in [2.75, 3.05) is 13.1 Å². The lowest BCUT2D eigenvalue weighted by atomic mass is 9.95. The summed E-state index contributed by atoms with van der Waals surface area (Å²) in [7, 11) is 0. The fraction of sp³-hybridized carbons (Fsp3) is 0.429. The molecule has 0 N–H and O–H groups in total. The zero-order chi connectivity index (χ0) is 18.6. The number of aromatic nitrogens is 3. The Bertz CT molecular complexity index is 875. The summed E-state index contributed by atoms with van der Waals surface area (Å²) >= 11 is 0. The quantitative estimate of drug-likeness (QED) is 0.782. The minimum Gasteiger partial charge on any atom is -0.342 e. The third-order valence-corrected chi connectivity index (χ3v) is 5.59. The lowest BCUT2D eigenvalue weighted by molar-refractivity contribution is -0.136. The monoisotopic (exact) mass is 364 g/mol. The molecule has 27 heavy (non-hydrogen) atoms. The van der Waals surface area contributed by atoms with Gasteiger partial charge in [0.2, 0.25) is 5.91 Å².